The van der Waals surface area contributed by atoms with Gasteiger partial charge in [-0.2, -0.15) is 5.10 Å². The van der Waals surface area contributed by atoms with E-state index in [0.29, 0.717) is 27.2 Å². The fraction of sp³-hybridized carbons (Fsp3) is 0.125. The molecule has 0 saturated carbocycles. The second-order valence-electron chi connectivity index (χ2n) is 4.98. The van der Waals surface area contributed by atoms with Gasteiger partial charge >= 0.3 is 0 Å². The van der Waals surface area contributed by atoms with Crippen LogP contribution in [0.5, 0.6) is 0 Å². The van der Waals surface area contributed by atoms with Gasteiger partial charge in [-0.3, -0.25) is 4.79 Å². The van der Waals surface area contributed by atoms with E-state index in [1.807, 2.05) is 37.4 Å². The largest absolute Gasteiger partial charge is 0.465 e. The Morgan fingerprint density at radius 2 is 1.96 bits per heavy atom. The Balaban J connectivity index is 1.96. The van der Waals surface area contributed by atoms with Crippen molar-refractivity contribution in [1.82, 2.24) is 9.78 Å². The van der Waals surface area contributed by atoms with Crippen LogP contribution in [0.2, 0.25) is 0 Å². The lowest BCUT2D eigenvalue weighted by Gasteiger charge is -2.11. The molecule has 1 N–H and O–H groups in total. The number of hydrogen-bond acceptors (Lipinski definition) is 3. The molecule has 3 rings (SSSR count). The van der Waals surface area contributed by atoms with Crippen LogP contribution in [0, 0.1) is 13.8 Å². The van der Waals surface area contributed by atoms with E-state index in [2.05, 4.69) is 42.3 Å². The van der Waals surface area contributed by atoms with E-state index in [9.17, 15) is 4.79 Å². The van der Waals surface area contributed by atoms with Crippen molar-refractivity contribution in [2.24, 2.45) is 0 Å². The van der Waals surface area contributed by atoms with E-state index in [-0.39, 0.29) is 5.91 Å². The van der Waals surface area contributed by atoms with Crippen molar-refractivity contribution < 1.29 is 9.21 Å². The first-order valence-electron chi connectivity index (χ1n) is 6.84. The number of carbonyl (C=O) groups excluding carboxylic acids is 1. The molecule has 7 heteroatoms. The summed E-state index contributed by atoms with van der Waals surface area (Å²) < 4.78 is 8.72. The zero-order valence-electron chi connectivity index (χ0n) is 12.4. The molecule has 3 aromatic rings. The Hall–Kier alpha value is -1.86. The van der Waals surface area contributed by atoms with E-state index in [4.69, 9.17) is 4.42 Å². The van der Waals surface area contributed by atoms with Crippen LogP contribution in [0.25, 0.3) is 5.69 Å². The number of anilines is 1. The predicted octanol–water partition coefficient (Wildman–Crippen LogP) is 4.86. The van der Waals surface area contributed by atoms with Crippen LogP contribution < -0.4 is 5.32 Å². The number of rotatable bonds is 3. The van der Waals surface area contributed by atoms with Crippen molar-refractivity contribution >= 4 is 43.5 Å². The molecule has 0 aliphatic rings. The number of aryl methyl sites for hydroxylation is 2. The molecule has 0 unspecified atom stereocenters. The van der Waals surface area contributed by atoms with Crippen LogP contribution >= 0.6 is 31.9 Å². The summed E-state index contributed by atoms with van der Waals surface area (Å²) in [4.78, 5) is 12.6. The minimum Gasteiger partial charge on any atom is -0.465 e. The number of halogens is 2. The molecule has 0 atom stereocenters. The normalized spacial score (nSPS) is 10.8. The topological polar surface area (TPSA) is 60.1 Å². The molecule has 2 heterocycles. The molecule has 0 spiro atoms. The fourth-order valence-corrected chi connectivity index (χ4v) is 3.14. The van der Waals surface area contributed by atoms with Crippen LogP contribution in [-0.4, -0.2) is 15.7 Å². The first-order chi connectivity index (χ1) is 11.0. The Morgan fingerprint density at radius 1 is 1.22 bits per heavy atom. The first kappa shape index (κ1) is 16.0. The Morgan fingerprint density at radius 3 is 2.57 bits per heavy atom. The van der Waals surface area contributed by atoms with E-state index in [0.717, 1.165) is 10.2 Å². The number of carbonyl (C=O) groups is 1. The molecule has 0 bridgehead atoms. The molecule has 23 heavy (non-hydrogen) atoms. The van der Waals surface area contributed by atoms with Crippen LogP contribution in [0.4, 0.5) is 5.69 Å². The molecule has 0 fully saturated rings. The summed E-state index contributed by atoms with van der Waals surface area (Å²) >= 11 is 6.78. The Kier molecular flexibility index (Phi) is 4.41. The van der Waals surface area contributed by atoms with E-state index in [1.54, 1.807) is 17.8 Å². The average Bonchev–Trinajstić information content (AvgIpc) is 3.04. The second-order valence-corrected chi connectivity index (χ2v) is 6.69. The van der Waals surface area contributed by atoms with Crippen molar-refractivity contribution in [3.8, 4) is 5.69 Å². The van der Waals surface area contributed by atoms with Gasteiger partial charge in [0.25, 0.3) is 5.91 Å². The number of nitrogens with zero attached hydrogens (tertiary/aromatic N) is 2. The number of nitrogens with one attached hydrogen (secondary N) is 1. The first-order valence-corrected chi connectivity index (χ1v) is 8.42. The average molecular weight is 439 g/mol. The molecular formula is C16H13Br2N3O2. The highest BCUT2D eigenvalue weighted by Crippen LogP contribution is 2.29. The maximum Gasteiger partial charge on any atom is 0.260 e. The van der Waals surface area contributed by atoms with Crippen molar-refractivity contribution in [2.45, 2.75) is 13.8 Å². The smallest absolute Gasteiger partial charge is 0.260 e. The van der Waals surface area contributed by atoms with Crippen LogP contribution in [-0.2, 0) is 0 Å². The van der Waals surface area contributed by atoms with Gasteiger partial charge in [0.15, 0.2) is 0 Å². The van der Waals surface area contributed by atoms with Gasteiger partial charge in [-0.05, 0) is 57.8 Å². The highest BCUT2D eigenvalue weighted by atomic mass is 79.9. The molecule has 1 aromatic carbocycles. The maximum atomic E-state index is 12.6. The summed E-state index contributed by atoms with van der Waals surface area (Å²) in [6.45, 7) is 3.58. The monoisotopic (exact) mass is 437 g/mol. The van der Waals surface area contributed by atoms with Crippen molar-refractivity contribution in [3.05, 3.63) is 62.7 Å². The third-order valence-electron chi connectivity index (χ3n) is 3.36. The Labute approximate surface area is 149 Å². The fourth-order valence-electron chi connectivity index (χ4n) is 2.31. The van der Waals surface area contributed by atoms with Gasteiger partial charge in [-0.25, -0.2) is 4.68 Å². The van der Waals surface area contributed by atoms with Gasteiger partial charge in [0.05, 0.1) is 32.1 Å². The quantitative estimate of drug-likeness (QED) is 0.635. The highest BCUT2D eigenvalue weighted by molar-refractivity contribution is 9.10. The summed E-state index contributed by atoms with van der Waals surface area (Å²) in [6.07, 6.45) is 3.52. The summed E-state index contributed by atoms with van der Waals surface area (Å²) in [5, 5.41) is 7.18. The van der Waals surface area contributed by atoms with Crippen LogP contribution in [0.15, 0.2) is 50.0 Å². The predicted molar refractivity (Wildman–Crippen MR) is 95.1 cm³/mol. The molecule has 2 aromatic heterocycles. The zero-order valence-corrected chi connectivity index (χ0v) is 15.6. The molecule has 0 aliphatic heterocycles. The maximum absolute atomic E-state index is 12.6. The Bertz CT molecular complexity index is 883. The molecule has 1 amide bonds. The van der Waals surface area contributed by atoms with E-state index in [1.165, 1.54) is 0 Å². The summed E-state index contributed by atoms with van der Waals surface area (Å²) in [7, 11) is 0. The number of para-hydroxylation sites is 2. The number of amides is 1. The molecule has 0 aliphatic carbocycles. The van der Waals surface area contributed by atoms with Crippen molar-refractivity contribution in [2.75, 3.05) is 5.32 Å². The SMILES string of the molecule is Cc1oc(C)c(C(=O)Nc2ccccc2-n2cc(Br)cn2)c1Br. The summed E-state index contributed by atoms with van der Waals surface area (Å²) in [5.41, 5.74) is 1.94. The number of hydrogen-bond donors (Lipinski definition) is 1. The number of benzene rings is 1. The molecule has 118 valence electrons. The minimum absolute atomic E-state index is 0.232. The summed E-state index contributed by atoms with van der Waals surface area (Å²) in [5.74, 6) is 1.02. The molecule has 0 saturated heterocycles. The van der Waals surface area contributed by atoms with Gasteiger partial charge in [-0.15, -0.1) is 0 Å². The van der Waals surface area contributed by atoms with Gasteiger partial charge in [0.1, 0.15) is 11.5 Å². The van der Waals surface area contributed by atoms with Crippen LogP contribution in [0.3, 0.4) is 0 Å². The lowest BCUT2D eigenvalue weighted by Crippen LogP contribution is -2.14. The highest BCUT2D eigenvalue weighted by Gasteiger charge is 2.20. The number of aromatic nitrogens is 2. The second kappa shape index (κ2) is 6.33. The number of furan rings is 1. The van der Waals surface area contributed by atoms with Crippen LogP contribution in [0.1, 0.15) is 21.9 Å². The van der Waals surface area contributed by atoms with E-state index >= 15 is 0 Å². The standard InChI is InChI=1S/C16H13Br2N3O2/c1-9-14(15(18)10(2)23-9)16(22)20-12-5-3-4-6-13(12)21-8-11(17)7-19-21/h3-8H,1-2H3,(H,20,22). The minimum atomic E-state index is -0.232. The molecular weight excluding hydrogens is 426 g/mol. The van der Waals surface area contributed by atoms with Gasteiger partial charge in [0, 0.05) is 6.20 Å². The van der Waals surface area contributed by atoms with Crippen molar-refractivity contribution in [3.63, 3.8) is 0 Å². The lowest BCUT2D eigenvalue weighted by atomic mass is 10.2. The lowest BCUT2D eigenvalue weighted by molar-refractivity contribution is 0.102. The summed E-state index contributed by atoms with van der Waals surface area (Å²) in [6, 6.07) is 7.47. The zero-order chi connectivity index (χ0) is 16.6. The van der Waals surface area contributed by atoms with E-state index < -0.39 is 0 Å². The van der Waals surface area contributed by atoms with Crippen molar-refractivity contribution in [1.29, 1.82) is 0 Å². The third-order valence-corrected chi connectivity index (χ3v) is 4.73. The third kappa shape index (κ3) is 3.11. The molecule has 0 radical (unpaired) electrons. The van der Waals surface area contributed by atoms with Gasteiger partial charge < -0.3 is 9.73 Å². The van der Waals surface area contributed by atoms with Gasteiger partial charge in [0.2, 0.25) is 0 Å². The van der Waals surface area contributed by atoms with Gasteiger partial charge in [-0.1, -0.05) is 12.1 Å². The molecule has 5 nitrogen and oxygen atoms in total.